The van der Waals surface area contributed by atoms with Crippen LogP contribution in [0.4, 0.5) is 16.2 Å². The lowest BCUT2D eigenvalue weighted by molar-refractivity contribution is -0.139. The highest BCUT2D eigenvalue weighted by Crippen LogP contribution is 2.11. The minimum atomic E-state index is -0.887. The normalized spacial score (nSPS) is 12.8. The van der Waals surface area contributed by atoms with E-state index in [4.69, 9.17) is 5.73 Å². The first-order chi connectivity index (χ1) is 12.9. The fourth-order valence-corrected chi connectivity index (χ4v) is 2.42. The van der Waals surface area contributed by atoms with Crippen molar-refractivity contribution >= 4 is 23.4 Å². The van der Waals surface area contributed by atoms with Gasteiger partial charge in [-0.1, -0.05) is 12.1 Å². The van der Waals surface area contributed by atoms with Gasteiger partial charge in [-0.05, 0) is 49.6 Å². The van der Waals surface area contributed by atoms with Gasteiger partial charge in [0.25, 0.3) is 0 Å². The Morgan fingerprint density at radius 1 is 1.04 bits per heavy atom. The number of carboxylic acid groups (broad SMARTS) is 1. The van der Waals surface area contributed by atoms with Gasteiger partial charge in [-0.25, -0.2) is 4.79 Å². The van der Waals surface area contributed by atoms with Gasteiger partial charge < -0.3 is 26.8 Å². The summed E-state index contributed by atoms with van der Waals surface area (Å²) < 4.78 is 0. The number of urea groups is 1. The summed E-state index contributed by atoms with van der Waals surface area (Å²) in [6.45, 7) is 2.27. The number of nitrogens with two attached hydrogens (primary N) is 1. The second kappa shape index (κ2) is 10.2. The summed E-state index contributed by atoms with van der Waals surface area (Å²) in [6, 6.07) is 9.56. The lowest BCUT2D eigenvalue weighted by Gasteiger charge is -2.16. The van der Waals surface area contributed by atoms with Crippen molar-refractivity contribution in [2.24, 2.45) is 5.73 Å². The number of carbonyl (C=O) groups excluding carboxylic acids is 1. The Labute approximate surface area is 158 Å². The van der Waals surface area contributed by atoms with Gasteiger partial charge >= 0.3 is 12.0 Å². The minimum absolute atomic E-state index is 0.0303. The second-order valence-electron chi connectivity index (χ2n) is 6.34. The first-order valence-corrected chi connectivity index (χ1v) is 8.73. The van der Waals surface area contributed by atoms with Crippen molar-refractivity contribution in [3.05, 3.63) is 54.4 Å². The Bertz CT molecular complexity index is 735. The fraction of sp³-hybridized carbons (Fsp3) is 0.316. The van der Waals surface area contributed by atoms with E-state index >= 15 is 0 Å². The molecule has 1 aromatic heterocycles. The second-order valence-corrected chi connectivity index (χ2v) is 6.34. The smallest absolute Gasteiger partial charge is 0.323 e. The van der Waals surface area contributed by atoms with Crippen LogP contribution in [-0.4, -0.2) is 34.2 Å². The van der Waals surface area contributed by atoms with Crippen LogP contribution in [-0.2, 0) is 11.3 Å². The predicted molar refractivity (Wildman–Crippen MR) is 104 cm³/mol. The van der Waals surface area contributed by atoms with E-state index < -0.39 is 12.0 Å². The number of carboxylic acids is 1. The van der Waals surface area contributed by atoms with E-state index in [2.05, 4.69) is 20.9 Å². The monoisotopic (exact) mass is 371 g/mol. The predicted octanol–water partition coefficient (Wildman–Crippen LogP) is 2.40. The number of aromatic nitrogens is 1. The molecule has 2 aromatic rings. The minimum Gasteiger partial charge on any atom is -0.480 e. The van der Waals surface area contributed by atoms with Gasteiger partial charge in [0.15, 0.2) is 0 Å². The lowest BCUT2D eigenvalue weighted by Crippen LogP contribution is -2.37. The zero-order valence-electron chi connectivity index (χ0n) is 15.2. The molecule has 0 spiro atoms. The fourth-order valence-electron chi connectivity index (χ4n) is 2.42. The van der Waals surface area contributed by atoms with Crippen LogP contribution in [0.3, 0.4) is 0 Å². The van der Waals surface area contributed by atoms with E-state index in [0.29, 0.717) is 30.8 Å². The number of benzene rings is 1. The standard InChI is InChI=1S/C19H25N5O3/c1-13(20)2-7-17(18(25)26)22-12-14-3-5-15(6-4-14)23-19(27)24-16-8-10-21-11-9-16/h3-6,8-11,13,17,22H,2,7,12,20H2,1H3,(H,25,26)(H2,21,23,24,27). The molecule has 0 radical (unpaired) electrons. The molecule has 6 N–H and O–H groups in total. The zero-order chi connectivity index (χ0) is 19.6. The molecule has 2 atom stereocenters. The maximum Gasteiger partial charge on any atom is 0.323 e. The number of pyridine rings is 1. The molecule has 0 aliphatic carbocycles. The lowest BCUT2D eigenvalue weighted by atomic mass is 10.1. The number of hydrogen-bond acceptors (Lipinski definition) is 5. The molecule has 1 aromatic carbocycles. The number of hydrogen-bond donors (Lipinski definition) is 5. The van der Waals surface area contributed by atoms with Crippen molar-refractivity contribution in [1.82, 2.24) is 10.3 Å². The van der Waals surface area contributed by atoms with E-state index in [9.17, 15) is 14.7 Å². The molecular weight excluding hydrogens is 346 g/mol. The first kappa shape index (κ1) is 20.3. The molecule has 0 saturated heterocycles. The summed E-state index contributed by atoms with van der Waals surface area (Å²) >= 11 is 0. The molecule has 27 heavy (non-hydrogen) atoms. The molecule has 2 unspecified atom stereocenters. The number of nitrogens with one attached hydrogen (secondary N) is 3. The van der Waals surface area contributed by atoms with Gasteiger partial charge in [-0.2, -0.15) is 0 Å². The van der Waals surface area contributed by atoms with Crippen molar-refractivity contribution in [1.29, 1.82) is 0 Å². The van der Waals surface area contributed by atoms with Crippen LogP contribution >= 0.6 is 0 Å². The van der Waals surface area contributed by atoms with Crippen LogP contribution < -0.4 is 21.7 Å². The molecule has 1 heterocycles. The van der Waals surface area contributed by atoms with Gasteiger partial charge in [0, 0.05) is 36.4 Å². The SMILES string of the molecule is CC(N)CCC(NCc1ccc(NC(=O)Nc2ccncc2)cc1)C(=O)O. The number of rotatable bonds is 9. The first-order valence-electron chi connectivity index (χ1n) is 8.73. The molecular formula is C19H25N5O3. The number of amides is 2. The van der Waals surface area contributed by atoms with Gasteiger partial charge in [-0.3, -0.25) is 9.78 Å². The van der Waals surface area contributed by atoms with Crippen molar-refractivity contribution in [2.45, 2.75) is 38.4 Å². The Morgan fingerprint density at radius 3 is 2.19 bits per heavy atom. The average molecular weight is 371 g/mol. The van der Waals surface area contributed by atoms with E-state index in [-0.39, 0.29) is 12.1 Å². The largest absolute Gasteiger partial charge is 0.480 e. The topological polar surface area (TPSA) is 129 Å². The van der Waals surface area contributed by atoms with Crippen molar-refractivity contribution in [3.63, 3.8) is 0 Å². The summed E-state index contributed by atoms with van der Waals surface area (Å²) in [5, 5.41) is 17.7. The van der Waals surface area contributed by atoms with Crippen LogP contribution in [0.25, 0.3) is 0 Å². The number of nitrogens with zero attached hydrogens (tertiary/aromatic N) is 1. The van der Waals surface area contributed by atoms with Gasteiger partial charge in [0.1, 0.15) is 6.04 Å². The average Bonchev–Trinajstić information content (AvgIpc) is 2.63. The molecule has 8 heteroatoms. The molecule has 0 aliphatic heterocycles. The molecule has 0 saturated carbocycles. The summed E-state index contributed by atoms with van der Waals surface area (Å²) in [7, 11) is 0. The Balaban J connectivity index is 1.83. The number of anilines is 2. The highest BCUT2D eigenvalue weighted by Gasteiger charge is 2.16. The van der Waals surface area contributed by atoms with Gasteiger partial charge in [-0.15, -0.1) is 0 Å². The maximum atomic E-state index is 12.0. The van der Waals surface area contributed by atoms with Crippen molar-refractivity contribution in [3.8, 4) is 0 Å². The summed E-state index contributed by atoms with van der Waals surface area (Å²) in [6.07, 6.45) is 4.30. The molecule has 0 fully saturated rings. The van der Waals surface area contributed by atoms with Crippen LogP contribution in [0.2, 0.25) is 0 Å². The Morgan fingerprint density at radius 2 is 1.63 bits per heavy atom. The number of aliphatic carboxylic acids is 1. The molecule has 2 amide bonds. The third kappa shape index (κ3) is 7.43. The van der Waals surface area contributed by atoms with E-state index in [1.54, 1.807) is 36.7 Å². The number of carbonyl (C=O) groups is 2. The quantitative estimate of drug-likeness (QED) is 0.460. The molecule has 2 rings (SSSR count). The van der Waals surface area contributed by atoms with Crippen LogP contribution in [0, 0.1) is 0 Å². The van der Waals surface area contributed by atoms with Crippen LogP contribution in [0.15, 0.2) is 48.8 Å². The third-order valence-corrected chi connectivity index (χ3v) is 3.91. The van der Waals surface area contributed by atoms with Crippen LogP contribution in [0.5, 0.6) is 0 Å². The molecule has 0 bridgehead atoms. The van der Waals surface area contributed by atoms with E-state index in [0.717, 1.165) is 5.56 Å². The van der Waals surface area contributed by atoms with Gasteiger partial charge in [0.2, 0.25) is 0 Å². The Hall–Kier alpha value is -2.97. The van der Waals surface area contributed by atoms with Gasteiger partial charge in [0.05, 0.1) is 0 Å². The Kier molecular flexibility index (Phi) is 7.72. The molecule has 8 nitrogen and oxygen atoms in total. The summed E-state index contributed by atoms with van der Waals surface area (Å²) in [4.78, 5) is 27.1. The summed E-state index contributed by atoms with van der Waals surface area (Å²) in [5.41, 5.74) is 7.89. The zero-order valence-corrected chi connectivity index (χ0v) is 15.2. The van der Waals surface area contributed by atoms with Crippen molar-refractivity contribution < 1.29 is 14.7 Å². The highest BCUT2D eigenvalue weighted by molar-refractivity contribution is 5.99. The van der Waals surface area contributed by atoms with Crippen molar-refractivity contribution in [2.75, 3.05) is 10.6 Å². The van der Waals surface area contributed by atoms with Crippen LogP contribution in [0.1, 0.15) is 25.3 Å². The highest BCUT2D eigenvalue weighted by atomic mass is 16.4. The maximum absolute atomic E-state index is 12.0. The third-order valence-electron chi connectivity index (χ3n) is 3.91. The summed E-state index contributed by atoms with van der Waals surface area (Å²) in [5.74, 6) is -0.887. The van der Waals surface area contributed by atoms with E-state index in [1.165, 1.54) is 0 Å². The molecule has 144 valence electrons. The van der Waals surface area contributed by atoms with E-state index in [1.807, 2.05) is 19.1 Å². The molecule has 0 aliphatic rings.